The SMILES string of the molecule is Cc1ncc2c(O[C@H]3CC[C@@H](NC(=O)OC(C)(C)C)CC3)cc(N3CCOCC3)cc2n1. The molecule has 8 nitrogen and oxygen atoms in total. The molecule has 1 saturated carbocycles. The van der Waals surface area contributed by atoms with E-state index in [9.17, 15) is 4.79 Å². The van der Waals surface area contributed by atoms with Gasteiger partial charge < -0.3 is 24.4 Å². The second-order valence-electron chi connectivity index (χ2n) is 9.63. The molecule has 2 aromatic rings. The fraction of sp³-hybridized carbons (Fsp3) is 0.625. The molecular weight excluding hydrogens is 408 g/mol. The van der Waals surface area contributed by atoms with Gasteiger partial charge in [-0.3, -0.25) is 0 Å². The fourth-order valence-corrected chi connectivity index (χ4v) is 4.26. The van der Waals surface area contributed by atoms with Gasteiger partial charge in [0.1, 0.15) is 17.2 Å². The fourth-order valence-electron chi connectivity index (χ4n) is 4.26. The Morgan fingerprint density at radius 2 is 1.88 bits per heavy atom. The number of ether oxygens (including phenoxy) is 3. The number of carbonyl (C=O) groups is 1. The lowest BCUT2D eigenvalue weighted by molar-refractivity contribution is 0.0471. The number of benzene rings is 1. The number of aryl methyl sites for hydroxylation is 1. The third kappa shape index (κ3) is 5.79. The molecule has 1 aliphatic heterocycles. The first kappa shape index (κ1) is 22.6. The maximum Gasteiger partial charge on any atom is 0.407 e. The largest absolute Gasteiger partial charge is 0.490 e. The standard InChI is InChI=1S/C24H34N4O4/c1-16-25-15-20-21(26-16)13-18(28-9-11-30-12-10-28)14-22(20)31-19-7-5-17(6-8-19)27-23(29)32-24(2,3)4/h13-15,17,19H,5-12H2,1-4H3,(H,27,29)/t17-,19+. The Balaban J connectivity index is 1.44. The first-order valence-corrected chi connectivity index (χ1v) is 11.5. The molecule has 0 unspecified atom stereocenters. The maximum absolute atomic E-state index is 12.1. The van der Waals surface area contributed by atoms with Crippen molar-refractivity contribution in [3.8, 4) is 5.75 Å². The highest BCUT2D eigenvalue weighted by molar-refractivity contribution is 5.88. The Kier molecular flexibility index (Phi) is 6.69. The van der Waals surface area contributed by atoms with E-state index in [4.69, 9.17) is 14.2 Å². The minimum Gasteiger partial charge on any atom is -0.490 e. The summed E-state index contributed by atoms with van der Waals surface area (Å²) in [6.07, 6.45) is 5.06. The molecular formula is C24H34N4O4. The summed E-state index contributed by atoms with van der Waals surface area (Å²) < 4.78 is 17.4. The van der Waals surface area contributed by atoms with Crippen molar-refractivity contribution in [2.45, 2.75) is 71.1 Å². The van der Waals surface area contributed by atoms with Gasteiger partial charge in [-0.2, -0.15) is 0 Å². The number of nitrogens with zero attached hydrogens (tertiary/aromatic N) is 3. The average Bonchev–Trinajstić information content (AvgIpc) is 2.74. The summed E-state index contributed by atoms with van der Waals surface area (Å²) in [6.45, 7) is 10.7. The van der Waals surface area contributed by atoms with E-state index in [0.717, 1.165) is 80.2 Å². The van der Waals surface area contributed by atoms with Crippen LogP contribution in [0, 0.1) is 6.92 Å². The van der Waals surface area contributed by atoms with E-state index < -0.39 is 5.60 Å². The van der Waals surface area contributed by atoms with Crippen LogP contribution in [0.4, 0.5) is 10.5 Å². The van der Waals surface area contributed by atoms with Crippen molar-refractivity contribution in [1.82, 2.24) is 15.3 Å². The van der Waals surface area contributed by atoms with Crippen LogP contribution < -0.4 is 15.0 Å². The zero-order valence-corrected chi connectivity index (χ0v) is 19.5. The molecule has 1 amide bonds. The van der Waals surface area contributed by atoms with Crippen LogP contribution in [0.25, 0.3) is 10.9 Å². The minimum atomic E-state index is -0.489. The highest BCUT2D eigenvalue weighted by Crippen LogP contribution is 2.34. The first-order chi connectivity index (χ1) is 15.3. The topological polar surface area (TPSA) is 85.8 Å². The normalized spacial score (nSPS) is 21.9. The smallest absolute Gasteiger partial charge is 0.407 e. The maximum atomic E-state index is 12.1. The van der Waals surface area contributed by atoms with E-state index >= 15 is 0 Å². The summed E-state index contributed by atoms with van der Waals surface area (Å²) in [6, 6.07) is 4.34. The van der Waals surface area contributed by atoms with Crippen molar-refractivity contribution in [3.63, 3.8) is 0 Å². The van der Waals surface area contributed by atoms with Gasteiger partial charge in [-0.15, -0.1) is 0 Å². The van der Waals surface area contributed by atoms with Crippen molar-refractivity contribution in [2.24, 2.45) is 0 Å². The lowest BCUT2D eigenvalue weighted by Gasteiger charge is -2.32. The molecule has 2 aliphatic rings. The summed E-state index contributed by atoms with van der Waals surface area (Å²) >= 11 is 0. The van der Waals surface area contributed by atoms with Gasteiger partial charge in [0.25, 0.3) is 0 Å². The summed E-state index contributed by atoms with van der Waals surface area (Å²) in [5.41, 5.74) is 1.52. The molecule has 1 aromatic carbocycles. The van der Waals surface area contributed by atoms with Gasteiger partial charge in [-0.25, -0.2) is 14.8 Å². The second kappa shape index (κ2) is 9.48. The van der Waals surface area contributed by atoms with Crippen molar-refractivity contribution in [1.29, 1.82) is 0 Å². The molecule has 0 spiro atoms. The molecule has 1 aromatic heterocycles. The van der Waals surface area contributed by atoms with Crippen LogP contribution in [0.2, 0.25) is 0 Å². The van der Waals surface area contributed by atoms with Crippen LogP contribution in [0.15, 0.2) is 18.3 Å². The highest BCUT2D eigenvalue weighted by Gasteiger charge is 2.26. The van der Waals surface area contributed by atoms with Crippen LogP contribution in [0.5, 0.6) is 5.75 Å². The molecule has 1 aliphatic carbocycles. The summed E-state index contributed by atoms with van der Waals surface area (Å²) in [5, 5.41) is 3.92. The molecule has 1 saturated heterocycles. The molecule has 8 heteroatoms. The zero-order valence-electron chi connectivity index (χ0n) is 19.5. The molecule has 4 rings (SSSR count). The predicted octanol–water partition coefficient (Wildman–Crippen LogP) is 3.99. The lowest BCUT2D eigenvalue weighted by Crippen LogP contribution is -2.42. The molecule has 0 radical (unpaired) electrons. The Labute approximate surface area is 189 Å². The number of hydrogen-bond donors (Lipinski definition) is 1. The molecule has 32 heavy (non-hydrogen) atoms. The van der Waals surface area contributed by atoms with Crippen LogP contribution in [0.1, 0.15) is 52.3 Å². The number of morpholine rings is 1. The Bertz CT molecular complexity index is 945. The second-order valence-corrected chi connectivity index (χ2v) is 9.63. The number of aromatic nitrogens is 2. The third-order valence-electron chi connectivity index (χ3n) is 5.83. The first-order valence-electron chi connectivity index (χ1n) is 11.5. The van der Waals surface area contributed by atoms with E-state index in [1.807, 2.05) is 33.9 Å². The zero-order chi connectivity index (χ0) is 22.7. The third-order valence-corrected chi connectivity index (χ3v) is 5.83. The number of anilines is 1. The monoisotopic (exact) mass is 442 g/mol. The Hall–Kier alpha value is -2.61. The van der Waals surface area contributed by atoms with Gasteiger partial charge >= 0.3 is 6.09 Å². The molecule has 1 N–H and O–H groups in total. The van der Waals surface area contributed by atoms with Crippen LogP contribution >= 0.6 is 0 Å². The number of amides is 1. The minimum absolute atomic E-state index is 0.0936. The van der Waals surface area contributed by atoms with E-state index in [-0.39, 0.29) is 18.2 Å². The van der Waals surface area contributed by atoms with E-state index in [0.29, 0.717) is 0 Å². The Morgan fingerprint density at radius 3 is 2.56 bits per heavy atom. The summed E-state index contributed by atoms with van der Waals surface area (Å²) in [4.78, 5) is 23.4. The van der Waals surface area contributed by atoms with Crippen LogP contribution in [-0.2, 0) is 9.47 Å². The Morgan fingerprint density at radius 1 is 1.16 bits per heavy atom. The van der Waals surface area contributed by atoms with Crippen LogP contribution in [0.3, 0.4) is 0 Å². The number of rotatable bonds is 4. The lowest BCUT2D eigenvalue weighted by atomic mass is 9.93. The number of nitrogens with one attached hydrogen (secondary N) is 1. The molecule has 2 fully saturated rings. The van der Waals surface area contributed by atoms with Gasteiger partial charge in [0, 0.05) is 37.1 Å². The summed E-state index contributed by atoms with van der Waals surface area (Å²) in [7, 11) is 0. The van der Waals surface area contributed by atoms with Crippen molar-refractivity contribution < 1.29 is 19.0 Å². The van der Waals surface area contributed by atoms with E-state index in [1.165, 1.54) is 0 Å². The number of hydrogen-bond acceptors (Lipinski definition) is 7. The van der Waals surface area contributed by atoms with Crippen molar-refractivity contribution in [3.05, 3.63) is 24.2 Å². The molecule has 2 heterocycles. The van der Waals surface area contributed by atoms with Gasteiger partial charge in [-0.1, -0.05) is 0 Å². The summed E-state index contributed by atoms with van der Waals surface area (Å²) in [5.74, 6) is 1.57. The van der Waals surface area contributed by atoms with Crippen LogP contribution in [-0.4, -0.2) is 60.1 Å². The number of alkyl carbamates (subject to hydrolysis) is 1. The van der Waals surface area contributed by atoms with Crippen molar-refractivity contribution >= 4 is 22.7 Å². The molecule has 0 bridgehead atoms. The quantitative estimate of drug-likeness (QED) is 0.766. The highest BCUT2D eigenvalue weighted by atomic mass is 16.6. The average molecular weight is 443 g/mol. The van der Waals surface area contributed by atoms with Gasteiger partial charge in [-0.05, 0) is 59.4 Å². The van der Waals surface area contributed by atoms with Crippen molar-refractivity contribution in [2.75, 3.05) is 31.2 Å². The van der Waals surface area contributed by atoms with Gasteiger partial charge in [0.15, 0.2) is 0 Å². The molecule has 174 valence electrons. The van der Waals surface area contributed by atoms with Gasteiger partial charge in [0.05, 0.1) is 30.2 Å². The van der Waals surface area contributed by atoms with Gasteiger partial charge in [0.2, 0.25) is 0 Å². The number of fused-ring (bicyclic) bond motifs is 1. The van der Waals surface area contributed by atoms with E-state index in [2.05, 4.69) is 32.3 Å². The number of carbonyl (C=O) groups excluding carboxylic acids is 1. The van der Waals surface area contributed by atoms with E-state index in [1.54, 1.807) is 0 Å². The molecule has 0 atom stereocenters. The predicted molar refractivity (Wildman–Crippen MR) is 123 cm³/mol.